The first kappa shape index (κ1) is 15.0. The normalized spacial score (nSPS) is 31.0. The van der Waals surface area contributed by atoms with Crippen molar-refractivity contribution in [3.05, 3.63) is 47.7 Å². The molecule has 2 heterocycles. The summed E-state index contributed by atoms with van der Waals surface area (Å²) in [6, 6.07) is 0. The molecule has 0 aromatic rings. The van der Waals surface area contributed by atoms with E-state index in [-0.39, 0.29) is 11.2 Å². The maximum Gasteiger partial charge on any atom is 0.121 e. The average Bonchev–Trinajstić information content (AvgIpc) is 3.29. The number of nitrogens with one attached hydrogen (secondary N) is 1. The van der Waals surface area contributed by atoms with Crippen LogP contribution in [-0.4, -0.2) is 18.0 Å². The highest BCUT2D eigenvalue weighted by Gasteiger charge is 2.42. The topological polar surface area (TPSA) is 15.3 Å². The summed E-state index contributed by atoms with van der Waals surface area (Å²) < 4.78 is 13.5. The van der Waals surface area contributed by atoms with Gasteiger partial charge in [-0.25, -0.2) is 4.39 Å². The minimum Gasteiger partial charge on any atom is -0.375 e. The maximum absolute atomic E-state index is 13.5. The molecule has 0 aromatic heterocycles. The molecule has 124 valence electrons. The van der Waals surface area contributed by atoms with Crippen LogP contribution >= 0.6 is 0 Å². The van der Waals surface area contributed by atoms with Gasteiger partial charge in [0.15, 0.2) is 0 Å². The predicted molar refractivity (Wildman–Crippen MR) is 92.0 cm³/mol. The van der Waals surface area contributed by atoms with Gasteiger partial charge in [0.25, 0.3) is 0 Å². The van der Waals surface area contributed by atoms with Gasteiger partial charge in [-0.1, -0.05) is 6.58 Å². The highest BCUT2D eigenvalue weighted by Crippen LogP contribution is 2.49. The molecule has 2 aliphatic carbocycles. The zero-order chi connectivity index (χ0) is 16.0. The van der Waals surface area contributed by atoms with Crippen molar-refractivity contribution in [1.82, 2.24) is 10.2 Å². The summed E-state index contributed by atoms with van der Waals surface area (Å²) in [5, 5.41) is 3.33. The highest BCUT2D eigenvalue weighted by molar-refractivity contribution is 5.43. The lowest BCUT2D eigenvalue weighted by molar-refractivity contribution is 0.224. The Hall–Kier alpha value is -1.51. The van der Waals surface area contributed by atoms with E-state index >= 15 is 0 Å². The molecule has 0 spiro atoms. The van der Waals surface area contributed by atoms with E-state index in [0.29, 0.717) is 5.92 Å². The van der Waals surface area contributed by atoms with Crippen molar-refractivity contribution in [2.75, 3.05) is 13.1 Å². The van der Waals surface area contributed by atoms with Crippen molar-refractivity contribution in [3.63, 3.8) is 0 Å². The summed E-state index contributed by atoms with van der Waals surface area (Å²) in [6.07, 6.45) is 12.7. The summed E-state index contributed by atoms with van der Waals surface area (Å²) in [5.74, 6) is 1.42. The van der Waals surface area contributed by atoms with Gasteiger partial charge in [-0.3, -0.25) is 0 Å². The maximum atomic E-state index is 13.5. The van der Waals surface area contributed by atoms with E-state index in [1.807, 2.05) is 0 Å². The molecule has 0 bridgehead atoms. The molecule has 2 fully saturated rings. The SMILES string of the molecule is C=C(CC1CC1)N1CCC(C2=CNC3=CC(F)=CCC32C)CC1. The Balaban J connectivity index is 1.39. The van der Waals surface area contributed by atoms with E-state index in [9.17, 15) is 4.39 Å². The quantitative estimate of drug-likeness (QED) is 0.813. The van der Waals surface area contributed by atoms with Crippen LogP contribution in [0.25, 0.3) is 0 Å². The number of likely N-dealkylation sites (tertiary alicyclic amines) is 1. The van der Waals surface area contributed by atoms with E-state index in [2.05, 4.69) is 29.9 Å². The average molecular weight is 314 g/mol. The minimum absolute atomic E-state index is 0.0204. The van der Waals surface area contributed by atoms with Crippen LogP contribution in [-0.2, 0) is 0 Å². The summed E-state index contributed by atoms with van der Waals surface area (Å²) >= 11 is 0. The number of halogens is 1. The highest BCUT2D eigenvalue weighted by atomic mass is 19.1. The molecular formula is C20H27FN2. The summed E-state index contributed by atoms with van der Waals surface area (Å²) in [5.41, 5.74) is 3.83. The number of nitrogens with zero attached hydrogens (tertiary/aromatic N) is 1. The second kappa shape index (κ2) is 5.54. The van der Waals surface area contributed by atoms with Gasteiger partial charge in [0.2, 0.25) is 0 Å². The van der Waals surface area contributed by atoms with Gasteiger partial charge in [-0.2, -0.15) is 0 Å². The Bertz CT molecular complexity index is 603. The van der Waals surface area contributed by atoms with Crippen LogP contribution in [0.1, 0.15) is 45.4 Å². The Kier molecular flexibility index (Phi) is 3.62. The molecule has 2 aliphatic heterocycles. The van der Waals surface area contributed by atoms with E-state index in [4.69, 9.17) is 0 Å². The van der Waals surface area contributed by atoms with Gasteiger partial charge in [-0.15, -0.1) is 0 Å². The van der Waals surface area contributed by atoms with Crippen molar-refractivity contribution < 1.29 is 4.39 Å². The van der Waals surface area contributed by atoms with Gasteiger partial charge in [-0.05, 0) is 75.0 Å². The molecule has 0 amide bonds. The Labute approximate surface area is 138 Å². The first-order chi connectivity index (χ1) is 11.1. The number of rotatable bonds is 4. The number of hydrogen-bond donors (Lipinski definition) is 1. The predicted octanol–water partition coefficient (Wildman–Crippen LogP) is 4.65. The zero-order valence-corrected chi connectivity index (χ0v) is 14.1. The molecule has 4 aliphatic rings. The van der Waals surface area contributed by atoms with Crippen LogP contribution in [0.3, 0.4) is 0 Å². The van der Waals surface area contributed by atoms with Crippen molar-refractivity contribution >= 4 is 0 Å². The zero-order valence-electron chi connectivity index (χ0n) is 14.1. The number of hydrogen-bond acceptors (Lipinski definition) is 2. The largest absolute Gasteiger partial charge is 0.375 e. The smallest absolute Gasteiger partial charge is 0.121 e. The fraction of sp³-hybridized carbons (Fsp3) is 0.600. The fourth-order valence-corrected chi connectivity index (χ4v) is 4.42. The van der Waals surface area contributed by atoms with Gasteiger partial charge >= 0.3 is 0 Å². The number of piperidine rings is 1. The molecule has 2 nitrogen and oxygen atoms in total. The Morgan fingerprint density at radius 1 is 1.35 bits per heavy atom. The molecule has 1 saturated carbocycles. The van der Waals surface area contributed by atoms with Gasteiger partial charge < -0.3 is 10.2 Å². The van der Waals surface area contributed by atoms with Gasteiger partial charge in [0.05, 0.1) is 0 Å². The Morgan fingerprint density at radius 3 is 2.78 bits per heavy atom. The van der Waals surface area contributed by atoms with Crippen molar-refractivity contribution in [2.45, 2.75) is 45.4 Å². The van der Waals surface area contributed by atoms with Crippen LogP contribution in [0.2, 0.25) is 0 Å². The summed E-state index contributed by atoms with van der Waals surface area (Å²) in [6.45, 7) is 8.80. The molecule has 1 N–H and O–H groups in total. The van der Waals surface area contributed by atoms with Crippen molar-refractivity contribution in [2.24, 2.45) is 17.3 Å². The van der Waals surface area contributed by atoms with Gasteiger partial charge in [0, 0.05) is 36.1 Å². The van der Waals surface area contributed by atoms with Crippen molar-refractivity contribution in [3.8, 4) is 0 Å². The summed E-state index contributed by atoms with van der Waals surface area (Å²) in [4.78, 5) is 2.50. The van der Waals surface area contributed by atoms with E-state index in [1.165, 1.54) is 43.4 Å². The number of fused-ring (bicyclic) bond motifs is 1. The van der Waals surface area contributed by atoms with Gasteiger partial charge in [0.1, 0.15) is 5.83 Å². The third-order valence-corrected chi connectivity index (χ3v) is 6.21. The monoisotopic (exact) mass is 314 g/mol. The van der Waals surface area contributed by atoms with Crippen LogP contribution in [0.4, 0.5) is 4.39 Å². The molecule has 1 atom stereocenters. The molecule has 0 radical (unpaired) electrons. The van der Waals surface area contributed by atoms with Crippen molar-refractivity contribution in [1.29, 1.82) is 0 Å². The third kappa shape index (κ3) is 2.75. The fourth-order valence-electron chi connectivity index (χ4n) is 4.42. The van der Waals surface area contributed by atoms with E-state index in [0.717, 1.165) is 31.1 Å². The lowest BCUT2D eigenvalue weighted by Crippen LogP contribution is -2.36. The van der Waals surface area contributed by atoms with Crippen LogP contribution in [0.5, 0.6) is 0 Å². The van der Waals surface area contributed by atoms with E-state index in [1.54, 1.807) is 12.2 Å². The summed E-state index contributed by atoms with van der Waals surface area (Å²) in [7, 11) is 0. The first-order valence-electron chi connectivity index (χ1n) is 9.04. The molecule has 1 saturated heterocycles. The van der Waals surface area contributed by atoms with Crippen LogP contribution in [0, 0.1) is 17.3 Å². The standard InChI is InChI=1S/C20H27FN2/c1-14(11-15-3-4-15)23-9-6-16(7-10-23)18-13-22-19-12-17(21)5-8-20(18,19)2/h5,12-13,15-16,22H,1,3-4,6-11H2,2H3. The molecule has 4 rings (SSSR count). The van der Waals surface area contributed by atoms with Crippen LogP contribution in [0.15, 0.2) is 47.7 Å². The second-order valence-electron chi connectivity index (χ2n) is 7.90. The lowest BCUT2D eigenvalue weighted by atomic mass is 9.69. The van der Waals surface area contributed by atoms with Crippen LogP contribution < -0.4 is 5.32 Å². The lowest BCUT2D eigenvalue weighted by Gasteiger charge is -2.40. The second-order valence-corrected chi connectivity index (χ2v) is 7.90. The number of allylic oxidation sites excluding steroid dienone is 5. The molecule has 1 unspecified atom stereocenters. The minimum atomic E-state index is -0.106. The molecule has 0 aromatic carbocycles. The molecule has 3 heteroatoms. The molecular weight excluding hydrogens is 287 g/mol. The third-order valence-electron chi connectivity index (χ3n) is 6.21. The first-order valence-corrected chi connectivity index (χ1v) is 9.04. The Morgan fingerprint density at radius 2 is 2.09 bits per heavy atom. The van der Waals surface area contributed by atoms with E-state index < -0.39 is 0 Å². The molecule has 23 heavy (non-hydrogen) atoms.